The number of thiophene rings is 1. The van der Waals surface area contributed by atoms with Crippen molar-refractivity contribution in [3.8, 4) is 11.4 Å². The fraction of sp³-hybridized carbons (Fsp3) is 0.364. The normalized spacial score (nSPS) is 16.8. The first-order chi connectivity index (χ1) is 15.1. The van der Waals surface area contributed by atoms with Gasteiger partial charge in [0.1, 0.15) is 0 Å². The summed E-state index contributed by atoms with van der Waals surface area (Å²) in [6.45, 7) is 2.44. The Morgan fingerprint density at radius 2 is 2.10 bits per heavy atom. The number of hydrogen-bond acceptors (Lipinski definition) is 7. The average Bonchev–Trinajstić information content (AvgIpc) is 3.46. The highest BCUT2D eigenvalue weighted by molar-refractivity contribution is 7.08. The Labute approximate surface area is 184 Å². The molecule has 1 fully saturated rings. The molecule has 3 N–H and O–H groups in total. The van der Waals surface area contributed by atoms with E-state index in [2.05, 4.69) is 20.4 Å². The number of anilines is 1. The highest BCUT2D eigenvalue weighted by Gasteiger charge is 2.23. The summed E-state index contributed by atoms with van der Waals surface area (Å²) in [6, 6.07) is 9.70. The number of likely N-dealkylation sites (tertiary alicyclic amines) is 1. The maximum atomic E-state index is 12.3. The van der Waals surface area contributed by atoms with Gasteiger partial charge in [0.25, 0.3) is 0 Å². The molecule has 1 aliphatic rings. The molecule has 162 valence electrons. The molecule has 0 bridgehead atoms. The number of aromatic nitrogens is 2. The number of piperidine rings is 1. The second-order valence-corrected chi connectivity index (χ2v) is 8.53. The van der Waals surface area contributed by atoms with Gasteiger partial charge in [0, 0.05) is 42.6 Å². The van der Waals surface area contributed by atoms with Crippen LogP contribution >= 0.6 is 11.3 Å². The Kier molecular flexibility index (Phi) is 6.73. The van der Waals surface area contributed by atoms with E-state index in [1.54, 1.807) is 11.3 Å². The lowest BCUT2D eigenvalue weighted by Gasteiger charge is -2.31. The zero-order chi connectivity index (χ0) is 21.6. The van der Waals surface area contributed by atoms with Gasteiger partial charge in [-0.2, -0.15) is 16.3 Å². The highest BCUT2D eigenvalue weighted by atomic mass is 32.1. The van der Waals surface area contributed by atoms with Crippen LogP contribution in [0.5, 0.6) is 0 Å². The Balaban J connectivity index is 1.24. The third-order valence-electron chi connectivity index (χ3n) is 5.37. The third-order valence-corrected chi connectivity index (χ3v) is 6.05. The molecule has 0 aliphatic carbocycles. The summed E-state index contributed by atoms with van der Waals surface area (Å²) < 4.78 is 5.23. The van der Waals surface area contributed by atoms with E-state index < -0.39 is 0 Å². The summed E-state index contributed by atoms with van der Waals surface area (Å²) in [5.74, 6) is 0.604. The van der Waals surface area contributed by atoms with Crippen molar-refractivity contribution in [2.75, 3.05) is 18.4 Å². The molecule has 2 aromatic heterocycles. The summed E-state index contributed by atoms with van der Waals surface area (Å²) in [6.07, 6.45) is 2.50. The molecule has 1 atom stereocenters. The summed E-state index contributed by atoms with van der Waals surface area (Å²) in [4.78, 5) is 30.3. The second kappa shape index (κ2) is 9.84. The van der Waals surface area contributed by atoms with E-state index in [0.717, 1.165) is 42.7 Å². The topological polar surface area (TPSA) is 114 Å². The van der Waals surface area contributed by atoms with Gasteiger partial charge in [-0.3, -0.25) is 14.5 Å². The zero-order valence-corrected chi connectivity index (χ0v) is 17.9. The molecule has 0 radical (unpaired) electrons. The number of carbonyl (C=O) groups is 2. The van der Waals surface area contributed by atoms with Gasteiger partial charge in [-0.05, 0) is 48.5 Å². The average molecular weight is 440 g/mol. The first-order valence-electron chi connectivity index (χ1n) is 10.3. The van der Waals surface area contributed by atoms with Crippen LogP contribution in [0, 0.1) is 5.92 Å². The molecule has 8 nitrogen and oxygen atoms in total. The van der Waals surface area contributed by atoms with Crippen molar-refractivity contribution in [3.63, 3.8) is 0 Å². The largest absolute Gasteiger partial charge is 0.369 e. The van der Waals surface area contributed by atoms with Crippen LogP contribution in [-0.2, 0) is 22.6 Å². The van der Waals surface area contributed by atoms with Gasteiger partial charge in [-0.15, -0.1) is 0 Å². The predicted octanol–water partition coefficient (Wildman–Crippen LogP) is 3.07. The molecular formula is C22H25N5O3S. The minimum absolute atomic E-state index is 0.0625. The molecule has 1 saturated heterocycles. The number of nitrogens with one attached hydrogen (secondary N) is 1. The Hall–Kier alpha value is -3.04. The van der Waals surface area contributed by atoms with E-state index in [1.165, 1.54) is 0 Å². The third kappa shape index (κ3) is 5.77. The number of benzene rings is 1. The van der Waals surface area contributed by atoms with Crippen LogP contribution in [-0.4, -0.2) is 39.9 Å². The van der Waals surface area contributed by atoms with Crippen molar-refractivity contribution in [2.24, 2.45) is 11.7 Å². The van der Waals surface area contributed by atoms with E-state index in [4.69, 9.17) is 10.3 Å². The lowest BCUT2D eigenvalue weighted by atomic mass is 9.97. The zero-order valence-electron chi connectivity index (χ0n) is 17.1. The highest BCUT2D eigenvalue weighted by Crippen LogP contribution is 2.20. The number of primary amides is 1. The summed E-state index contributed by atoms with van der Waals surface area (Å²) in [5.41, 5.74) is 8.25. The number of rotatable bonds is 8. The molecule has 9 heteroatoms. The predicted molar refractivity (Wildman–Crippen MR) is 118 cm³/mol. The van der Waals surface area contributed by atoms with Gasteiger partial charge >= 0.3 is 0 Å². The Bertz CT molecular complexity index is 1020. The molecule has 0 saturated carbocycles. The summed E-state index contributed by atoms with van der Waals surface area (Å²) in [5, 5.41) is 10.8. The molecule has 0 spiro atoms. The van der Waals surface area contributed by atoms with Crippen molar-refractivity contribution in [1.82, 2.24) is 15.0 Å². The SMILES string of the molecule is NC(=O)C1CCCN(Cc2ccc(NC(=O)CCc3nc(-c4ccsc4)no3)cc2)C1. The van der Waals surface area contributed by atoms with Crippen molar-refractivity contribution >= 4 is 28.8 Å². The van der Waals surface area contributed by atoms with Crippen molar-refractivity contribution in [2.45, 2.75) is 32.2 Å². The minimum Gasteiger partial charge on any atom is -0.369 e. The molecular weight excluding hydrogens is 414 g/mol. The lowest BCUT2D eigenvalue weighted by molar-refractivity contribution is -0.123. The first kappa shape index (κ1) is 21.2. The molecule has 31 heavy (non-hydrogen) atoms. The van der Waals surface area contributed by atoms with Crippen LogP contribution < -0.4 is 11.1 Å². The molecule has 1 unspecified atom stereocenters. The molecule has 3 aromatic rings. The minimum atomic E-state index is -0.217. The molecule has 2 amide bonds. The monoisotopic (exact) mass is 439 g/mol. The van der Waals surface area contributed by atoms with E-state index in [0.29, 0.717) is 24.7 Å². The summed E-state index contributed by atoms with van der Waals surface area (Å²) >= 11 is 1.57. The fourth-order valence-electron chi connectivity index (χ4n) is 3.69. The van der Waals surface area contributed by atoms with Gasteiger partial charge in [-0.25, -0.2) is 0 Å². The fourth-order valence-corrected chi connectivity index (χ4v) is 4.33. The Morgan fingerprint density at radius 3 is 2.84 bits per heavy atom. The van der Waals surface area contributed by atoms with Gasteiger partial charge in [0.15, 0.2) is 0 Å². The van der Waals surface area contributed by atoms with Crippen LogP contribution in [0.25, 0.3) is 11.4 Å². The van der Waals surface area contributed by atoms with E-state index >= 15 is 0 Å². The number of nitrogens with zero attached hydrogens (tertiary/aromatic N) is 3. The standard InChI is InChI=1S/C22H25N5O3S/c23-21(29)16-2-1-10-27(13-16)12-15-3-5-18(6-4-15)24-19(28)7-8-20-25-22(26-30-20)17-9-11-31-14-17/h3-6,9,11,14,16H,1-2,7-8,10,12-13H2,(H2,23,29)(H,24,28). The van der Waals surface area contributed by atoms with Gasteiger partial charge in [0.05, 0.1) is 5.92 Å². The quantitative estimate of drug-likeness (QED) is 0.557. The van der Waals surface area contributed by atoms with Crippen molar-refractivity contribution < 1.29 is 14.1 Å². The van der Waals surface area contributed by atoms with Crippen LogP contribution in [0.4, 0.5) is 5.69 Å². The molecule has 3 heterocycles. The lowest BCUT2D eigenvalue weighted by Crippen LogP contribution is -2.40. The van der Waals surface area contributed by atoms with Crippen molar-refractivity contribution in [1.29, 1.82) is 0 Å². The number of amides is 2. The number of aryl methyl sites for hydroxylation is 1. The maximum Gasteiger partial charge on any atom is 0.227 e. The first-order valence-corrected chi connectivity index (χ1v) is 11.3. The smallest absolute Gasteiger partial charge is 0.227 e. The summed E-state index contributed by atoms with van der Waals surface area (Å²) in [7, 11) is 0. The molecule has 1 aliphatic heterocycles. The van der Waals surface area contributed by atoms with Gasteiger partial charge in [0.2, 0.25) is 23.5 Å². The number of hydrogen-bond donors (Lipinski definition) is 2. The van der Waals surface area contributed by atoms with Crippen LogP contribution in [0.1, 0.15) is 30.7 Å². The van der Waals surface area contributed by atoms with Crippen LogP contribution in [0.2, 0.25) is 0 Å². The maximum absolute atomic E-state index is 12.3. The van der Waals surface area contributed by atoms with Gasteiger partial charge < -0.3 is 15.6 Å². The van der Waals surface area contributed by atoms with E-state index in [1.807, 2.05) is 41.1 Å². The Morgan fingerprint density at radius 1 is 1.26 bits per heavy atom. The van der Waals surface area contributed by atoms with Gasteiger partial charge in [-0.1, -0.05) is 17.3 Å². The van der Waals surface area contributed by atoms with Crippen molar-refractivity contribution in [3.05, 3.63) is 52.5 Å². The second-order valence-electron chi connectivity index (χ2n) is 7.75. The van der Waals surface area contributed by atoms with Crippen LogP contribution in [0.3, 0.4) is 0 Å². The van der Waals surface area contributed by atoms with Crippen LogP contribution in [0.15, 0.2) is 45.6 Å². The van der Waals surface area contributed by atoms with E-state index in [-0.39, 0.29) is 24.2 Å². The number of nitrogens with two attached hydrogens (primary N) is 1. The molecule has 4 rings (SSSR count). The number of carbonyl (C=O) groups excluding carboxylic acids is 2. The molecule has 1 aromatic carbocycles. The van der Waals surface area contributed by atoms with E-state index in [9.17, 15) is 9.59 Å².